The highest BCUT2D eigenvalue weighted by Crippen LogP contribution is 2.70. The molecule has 25 atom stereocenters. The summed E-state index contributed by atoms with van der Waals surface area (Å²) in [4.78, 5) is 0. The molecule has 5 aliphatic heterocycles. The minimum Gasteiger partial charge on any atom is -0.394 e. The molecule has 9 rings (SSSR count). The maximum atomic E-state index is 12.2. The van der Waals surface area contributed by atoms with Gasteiger partial charge in [-0.1, -0.05) is 44.6 Å². The van der Waals surface area contributed by atoms with Gasteiger partial charge in [0.05, 0.1) is 44.2 Å². The van der Waals surface area contributed by atoms with Crippen molar-refractivity contribution in [2.75, 3.05) is 19.8 Å². The van der Waals surface area contributed by atoms with Crippen LogP contribution in [0.25, 0.3) is 0 Å². The van der Waals surface area contributed by atoms with Crippen LogP contribution in [0.15, 0.2) is 23.8 Å². The fourth-order valence-corrected chi connectivity index (χ4v) is 13.6. The lowest BCUT2D eigenvalue weighted by atomic mass is 9.46. The first kappa shape index (κ1) is 45.0. The Labute approximate surface area is 356 Å². The molecule has 0 bridgehead atoms. The van der Waals surface area contributed by atoms with Crippen molar-refractivity contribution in [1.82, 2.24) is 0 Å². The van der Waals surface area contributed by atoms with Gasteiger partial charge in [0, 0.05) is 24.2 Å². The third kappa shape index (κ3) is 7.25. The fraction of sp³-hybridized carbons (Fsp3) is 0.909. The first-order chi connectivity index (χ1) is 28.9. The molecule has 5 heterocycles. The second-order valence-electron chi connectivity index (χ2n) is 20.3. The Morgan fingerprint density at radius 1 is 0.803 bits per heavy atom. The van der Waals surface area contributed by atoms with Gasteiger partial charge in [0.1, 0.15) is 61.0 Å². The van der Waals surface area contributed by atoms with E-state index in [1.165, 1.54) is 6.92 Å². The highest BCUT2D eigenvalue weighted by molar-refractivity contribution is 5.28. The Morgan fingerprint density at radius 3 is 2.26 bits per heavy atom. The van der Waals surface area contributed by atoms with Crippen LogP contribution in [0.5, 0.6) is 0 Å². The van der Waals surface area contributed by atoms with E-state index in [1.54, 1.807) is 0 Å². The Hall–Kier alpha value is -1.20. The smallest absolute Gasteiger partial charge is 0.187 e. The quantitative estimate of drug-likeness (QED) is 0.150. The van der Waals surface area contributed by atoms with E-state index in [2.05, 4.69) is 33.4 Å². The molecule has 0 aromatic rings. The van der Waals surface area contributed by atoms with Crippen molar-refractivity contribution in [2.24, 2.45) is 40.4 Å². The number of allylic oxidation sites excluding steroid dienone is 1. The van der Waals surface area contributed by atoms with Crippen LogP contribution in [0.3, 0.4) is 0 Å². The van der Waals surface area contributed by atoms with Gasteiger partial charge in [0.25, 0.3) is 0 Å². The molecule has 17 nitrogen and oxygen atoms in total. The number of rotatable bonds is 7. The molecule has 0 aromatic heterocycles. The Bertz CT molecular complexity index is 1640. The summed E-state index contributed by atoms with van der Waals surface area (Å²) in [7, 11) is 0. The maximum Gasteiger partial charge on any atom is 0.187 e. The number of hydrogen-bond donors (Lipinski definition) is 9. The SMILES string of the molecule is C=C1CC[C@@]2(OC1)O[C@H]1C[C@@H]3[C@@H]4CC=C5C[C@H](O[C@H]6OC[C@@H](O)[C@@H](O)[C@@H]6O[C@@H]6O[C@@H](C)[C@H](O)[C@@H](O[C@@H]7O[C@H](CO)[C@@H](O)[C@H](O)[C@H]7O)[C@H]6O)C[C@@H](O)[C@]5(C)[C@H]4CC[C@]3(C)[C@H]1[C@@H]2C. The molecule has 61 heavy (non-hydrogen) atoms. The second kappa shape index (κ2) is 16.6. The Balaban J connectivity index is 0.877. The highest BCUT2D eigenvalue weighted by atomic mass is 16.8. The van der Waals surface area contributed by atoms with E-state index in [1.807, 2.05) is 0 Å². The van der Waals surface area contributed by atoms with Gasteiger partial charge in [-0.25, -0.2) is 0 Å². The highest BCUT2D eigenvalue weighted by Gasteiger charge is 2.69. The maximum absolute atomic E-state index is 12.2. The molecule has 3 saturated carbocycles. The number of fused-ring (bicyclic) bond motifs is 7. The molecule has 9 aliphatic rings. The van der Waals surface area contributed by atoms with Crippen molar-refractivity contribution < 1.29 is 83.9 Å². The summed E-state index contributed by atoms with van der Waals surface area (Å²) < 4.78 is 48.9. The van der Waals surface area contributed by atoms with Gasteiger partial charge in [0.2, 0.25) is 0 Å². The van der Waals surface area contributed by atoms with Gasteiger partial charge in [-0.05, 0) is 74.5 Å². The molecule has 8 fully saturated rings. The van der Waals surface area contributed by atoms with Gasteiger partial charge in [-0.15, -0.1) is 0 Å². The number of ether oxygens (including phenoxy) is 8. The van der Waals surface area contributed by atoms with E-state index in [0.29, 0.717) is 37.2 Å². The molecule has 4 aliphatic carbocycles. The molecule has 0 radical (unpaired) electrons. The standard InChI is InChI=1S/C44H68O17/c1-18-8-11-44(55-16-18)19(2)30-27(61-44)14-25-23-7-6-21-12-22(13-29(47)43(21,5)24(23)9-10-42(25,30)4)57-41-38(32(49)26(46)17-54-41)60-40-36(53)37(31(48)20(3)56-40)59-39-35(52)34(51)33(50)28(15-45)58-39/h6,19-20,22-41,45-53H,1,7-17H2,2-5H3/t19-,20-,22-,23+,24-,25+,26+,27-,28+,29+,30-,31-,32+,33+,34-,35+,36+,37+,38-,39-,40-,41+,42-,43-,44+/m0/s1. The number of aliphatic hydroxyl groups excluding tert-OH is 9. The molecule has 0 unspecified atom stereocenters. The zero-order valence-corrected chi connectivity index (χ0v) is 35.6. The van der Waals surface area contributed by atoms with Gasteiger partial charge < -0.3 is 83.9 Å². The Morgan fingerprint density at radius 2 is 1.54 bits per heavy atom. The molecular formula is C44H68O17. The monoisotopic (exact) mass is 868 g/mol. The minimum atomic E-state index is -1.81. The van der Waals surface area contributed by atoms with Crippen molar-refractivity contribution in [3.8, 4) is 0 Å². The third-order valence-corrected chi connectivity index (χ3v) is 17.1. The molecule has 17 heteroatoms. The van der Waals surface area contributed by atoms with Crippen molar-refractivity contribution in [2.45, 2.75) is 189 Å². The number of hydrogen-bond acceptors (Lipinski definition) is 17. The van der Waals surface area contributed by atoms with Crippen LogP contribution >= 0.6 is 0 Å². The van der Waals surface area contributed by atoms with E-state index in [0.717, 1.165) is 49.7 Å². The topological polar surface area (TPSA) is 256 Å². The number of aliphatic hydroxyl groups is 9. The van der Waals surface area contributed by atoms with E-state index < -0.39 is 116 Å². The lowest BCUT2D eigenvalue weighted by Crippen LogP contribution is -2.65. The van der Waals surface area contributed by atoms with Crippen LogP contribution in [0.4, 0.5) is 0 Å². The first-order valence-corrected chi connectivity index (χ1v) is 22.5. The predicted molar refractivity (Wildman–Crippen MR) is 210 cm³/mol. The normalized spacial score (nSPS) is 57.2. The second-order valence-corrected chi connectivity index (χ2v) is 20.3. The molecule has 1 spiro atoms. The molecular weight excluding hydrogens is 800 g/mol. The van der Waals surface area contributed by atoms with Gasteiger partial charge >= 0.3 is 0 Å². The molecule has 9 N–H and O–H groups in total. The van der Waals surface area contributed by atoms with Crippen LogP contribution in [0.1, 0.15) is 79.1 Å². The molecule has 5 saturated heterocycles. The summed E-state index contributed by atoms with van der Waals surface area (Å²) in [6.45, 7) is 12.2. The average molecular weight is 869 g/mol. The zero-order valence-electron chi connectivity index (χ0n) is 35.6. The van der Waals surface area contributed by atoms with Crippen LogP contribution in [0, 0.1) is 40.4 Å². The van der Waals surface area contributed by atoms with Crippen LogP contribution in [-0.4, -0.2) is 176 Å². The summed E-state index contributed by atoms with van der Waals surface area (Å²) >= 11 is 0. The summed E-state index contributed by atoms with van der Waals surface area (Å²) in [5.74, 6) is 1.30. The molecule has 0 aromatic carbocycles. The Kier molecular flexibility index (Phi) is 12.2. The summed E-state index contributed by atoms with van der Waals surface area (Å²) in [5.41, 5.74) is 1.90. The van der Waals surface area contributed by atoms with Crippen molar-refractivity contribution in [1.29, 1.82) is 0 Å². The molecule has 0 amide bonds. The van der Waals surface area contributed by atoms with Crippen LogP contribution in [0.2, 0.25) is 0 Å². The van der Waals surface area contributed by atoms with E-state index >= 15 is 0 Å². The van der Waals surface area contributed by atoms with E-state index in [-0.39, 0.29) is 30.0 Å². The fourth-order valence-electron chi connectivity index (χ4n) is 13.6. The third-order valence-electron chi connectivity index (χ3n) is 17.1. The summed E-state index contributed by atoms with van der Waals surface area (Å²) in [5, 5.41) is 97.2. The largest absolute Gasteiger partial charge is 0.394 e. The predicted octanol–water partition coefficient (Wildman–Crippen LogP) is -0.256. The van der Waals surface area contributed by atoms with Crippen LogP contribution < -0.4 is 0 Å². The summed E-state index contributed by atoms with van der Waals surface area (Å²) in [6, 6.07) is 0. The zero-order chi connectivity index (χ0) is 43.5. The van der Waals surface area contributed by atoms with Crippen molar-refractivity contribution in [3.63, 3.8) is 0 Å². The van der Waals surface area contributed by atoms with E-state index in [9.17, 15) is 46.0 Å². The van der Waals surface area contributed by atoms with Crippen LogP contribution in [-0.2, 0) is 37.9 Å². The minimum absolute atomic E-state index is 0.107. The van der Waals surface area contributed by atoms with Gasteiger partial charge in [-0.3, -0.25) is 0 Å². The molecule has 346 valence electrons. The lowest BCUT2D eigenvalue weighted by molar-refractivity contribution is -0.380. The lowest BCUT2D eigenvalue weighted by Gasteiger charge is -2.60. The summed E-state index contributed by atoms with van der Waals surface area (Å²) in [6.07, 6.45) is -13.5. The average Bonchev–Trinajstić information content (AvgIpc) is 3.68. The van der Waals surface area contributed by atoms with Gasteiger partial charge in [-0.2, -0.15) is 0 Å². The van der Waals surface area contributed by atoms with E-state index in [4.69, 9.17) is 37.9 Å². The van der Waals surface area contributed by atoms with Crippen molar-refractivity contribution >= 4 is 0 Å². The van der Waals surface area contributed by atoms with Crippen molar-refractivity contribution in [3.05, 3.63) is 23.8 Å². The van der Waals surface area contributed by atoms with Gasteiger partial charge in [0.15, 0.2) is 24.7 Å². The first-order valence-electron chi connectivity index (χ1n) is 22.5.